The molecule has 1 aromatic heterocycles. The highest BCUT2D eigenvalue weighted by Gasteiger charge is 1.99. The molecule has 1 N–H and O–H groups in total. The van der Waals surface area contributed by atoms with Crippen LogP contribution in [0.2, 0.25) is 0 Å². The number of pyridine rings is 1. The zero-order valence-corrected chi connectivity index (χ0v) is 9.41. The Morgan fingerprint density at radius 1 is 1.43 bits per heavy atom. The second-order valence-electron chi connectivity index (χ2n) is 3.94. The molecule has 0 aliphatic rings. The van der Waals surface area contributed by atoms with Crippen LogP contribution in [0, 0.1) is 0 Å². The van der Waals surface area contributed by atoms with Gasteiger partial charge in [0.05, 0.1) is 5.69 Å². The second kappa shape index (κ2) is 4.96. The molecule has 0 spiro atoms. The van der Waals surface area contributed by atoms with Crippen molar-refractivity contribution in [3.05, 3.63) is 24.0 Å². The summed E-state index contributed by atoms with van der Waals surface area (Å²) in [7, 11) is 4.07. The Hall–Kier alpha value is -1.09. The Morgan fingerprint density at radius 3 is 2.71 bits per heavy atom. The Balaban J connectivity index is 2.64. The molecule has 0 aromatic carbocycles. The molecule has 0 saturated heterocycles. The van der Waals surface area contributed by atoms with E-state index in [-0.39, 0.29) is 0 Å². The minimum absolute atomic E-state index is 0.500. The van der Waals surface area contributed by atoms with E-state index in [1.54, 1.807) is 0 Å². The fraction of sp³-hybridized carbons (Fsp3) is 0.545. The van der Waals surface area contributed by atoms with E-state index in [9.17, 15) is 0 Å². The van der Waals surface area contributed by atoms with E-state index in [0.29, 0.717) is 6.04 Å². The summed E-state index contributed by atoms with van der Waals surface area (Å²) in [5.74, 6) is 0. The van der Waals surface area contributed by atoms with Crippen molar-refractivity contribution in [2.75, 3.05) is 19.0 Å². The molecule has 0 saturated carbocycles. The molecule has 0 aliphatic carbocycles. The standard InChI is InChI=1S/C11H19N3/c1-9(2)13-8-10-7-11(14(3)4)5-6-12-10/h5-7,9,13H,8H2,1-4H3. The first-order valence-corrected chi connectivity index (χ1v) is 4.95. The highest BCUT2D eigenvalue weighted by Crippen LogP contribution is 2.10. The Labute approximate surface area is 86.2 Å². The zero-order chi connectivity index (χ0) is 10.6. The van der Waals surface area contributed by atoms with Crippen LogP contribution in [-0.2, 0) is 6.54 Å². The molecule has 0 bridgehead atoms. The van der Waals surface area contributed by atoms with Gasteiger partial charge in [0.1, 0.15) is 0 Å². The van der Waals surface area contributed by atoms with Crippen LogP contribution in [0.4, 0.5) is 5.69 Å². The van der Waals surface area contributed by atoms with Gasteiger partial charge < -0.3 is 10.2 Å². The van der Waals surface area contributed by atoms with Crippen LogP contribution in [-0.4, -0.2) is 25.1 Å². The van der Waals surface area contributed by atoms with Gasteiger partial charge in [0.15, 0.2) is 0 Å². The maximum atomic E-state index is 4.30. The van der Waals surface area contributed by atoms with Crippen LogP contribution in [0.5, 0.6) is 0 Å². The van der Waals surface area contributed by atoms with Crippen LogP contribution in [0.1, 0.15) is 19.5 Å². The van der Waals surface area contributed by atoms with Crippen molar-refractivity contribution >= 4 is 5.69 Å². The van der Waals surface area contributed by atoms with E-state index < -0.39 is 0 Å². The second-order valence-corrected chi connectivity index (χ2v) is 3.94. The normalized spacial score (nSPS) is 10.6. The summed E-state index contributed by atoms with van der Waals surface area (Å²) in [4.78, 5) is 6.39. The van der Waals surface area contributed by atoms with Gasteiger partial charge in [0, 0.05) is 38.6 Å². The van der Waals surface area contributed by atoms with Crippen molar-refractivity contribution in [1.82, 2.24) is 10.3 Å². The van der Waals surface area contributed by atoms with Crippen LogP contribution in [0.25, 0.3) is 0 Å². The molecule has 0 unspecified atom stereocenters. The summed E-state index contributed by atoms with van der Waals surface area (Å²) in [5, 5.41) is 3.35. The molecule has 78 valence electrons. The number of aromatic nitrogens is 1. The van der Waals surface area contributed by atoms with Crippen LogP contribution in [0.3, 0.4) is 0 Å². The van der Waals surface area contributed by atoms with E-state index in [1.807, 2.05) is 26.4 Å². The summed E-state index contributed by atoms with van der Waals surface area (Å²) in [6.45, 7) is 5.10. The molecule has 14 heavy (non-hydrogen) atoms. The molecule has 3 heteroatoms. The van der Waals surface area contributed by atoms with Crippen LogP contribution >= 0.6 is 0 Å². The molecule has 1 heterocycles. The average molecular weight is 193 g/mol. The van der Waals surface area contributed by atoms with Gasteiger partial charge in [0.25, 0.3) is 0 Å². The predicted octanol–water partition coefficient (Wildman–Crippen LogP) is 1.65. The van der Waals surface area contributed by atoms with Gasteiger partial charge in [-0.3, -0.25) is 4.98 Å². The van der Waals surface area contributed by atoms with Crippen molar-refractivity contribution in [3.8, 4) is 0 Å². The van der Waals surface area contributed by atoms with Gasteiger partial charge in [-0.05, 0) is 12.1 Å². The van der Waals surface area contributed by atoms with Crippen molar-refractivity contribution < 1.29 is 0 Å². The minimum Gasteiger partial charge on any atom is -0.378 e. The molecular weight excluding hydrogens is 174 g/mol. The van der Waals surface area contributed by atoms with Gasteiger partial charge >= 0.3 is 0 Å². The largest absolute Gasteiger partial charge is 0.378 e. The lowest BCUT2D eigenvalue weighted by Gasteiger charge is -2.13. The van der Waals surface area contributed by atoms with Crippen molar-refractivity contribution in [1.29, 1.82) is 0 Å². The third-order valence-electron chi connectivity index (χ3n) is 2.01. The van der Waals surface area contributed by atoms with Gasteiger partial charge in [-0.25, -0.2) is 0 Å². The number of nitrogens with one attached hydrogen (secondary N) is 1. The number of hydrogen-bond donors (Lipinski definition) is 1. The van der Waals surface area contributed by atoms with Gasteiger partial charge in [-0.15, -0.1) is 0 Å². The topological polar surface area (TPSA) is 28.2 Å². The smallest absolute Gasteiger partial charge is 0.0562 e. The van der Waals surface area contributed by atoms with E-state index in [2.05, 4.69) is 35.1 Å². The minimum atomic E-state index is 0.500. The molecule has 3 nitrogen and oxygen atoms in total. The molecule has 0 aliphatic heterocycles. The Bertz CT molecular complexity index is 282. The van der Waals surface area contributed by atoms with Crippen molar-refractivity contribution in [2.45, 2.75) is 26.4 Å². The van der Waals surface area contributed by atoms with Crippen molar-refractivity contribution in [3.63, 3.8) is 0 Å². The van der Waals surface area contributed by atoms with Gasteiger partial charge in [-0.2, -0.15) is 0 Å². The first-order valence-electron chi connectivity index (χ1n) is 4.95. The van der Waals surface area contributed by atoms with Crippen LogP contribution in [0.15, 0.2) is 18.3 Å². The number of rotatable bonds is 4. The highest BCUT2D eigenvalue weighted by atomic mass is 15.1. The lowest BCUT2D eigenvalue weighted by Crippen LogP contribution is -2.22. The predicted molar refractivity (Wildman–Crippen MR) is 60.5 cm³/mol. The van der Waals surface area contributed by atoms with Crippen molar-refractivity contribution in [2.24, 2.45) is 0 Å². The van der Waals surface area contributed by atoms with E-state index >= 15 is 0 Å². The SMILES string of the molecule is CC(C)NCc1cc(N(C)C)ccn1. The zero-order valence-electron chi connectivity index (χ0n) is 9.41. The third kappa shape index (κ3) is 3.34. The number of anilines is 1. The van der Waals surface area contributed by atoms with E-state index in [0.717, 1.165) is 12.2 Å². The summed E-state index contributed by atoms with van der Waals surface area (Å²) in [6.07, 6.45) is 1.85. The first-order chi connectivity index (χ1) is 6.59. The van der Waals surface area contributed by atoms with Gasteiger partial charge in [-0.1, -0.05) is 13.8 Å². The lowest BCUT2D eigenvalue weighted by molar-refractivity contribution is 0.581. The third-order valence-corrected chi connectivity index (χ3v) is 2.01. The summed E-state index contributed by atoms with van der Waals surface area (Å²) in [5.41, 5.74) is 2.28. The lowest BCUT2D eigenvalue weighted by atomic mass is 10.3. The number of nitrogens with zero attached hydrogens (tertiary/aromatic N) is 2. The average Bonchev–Trinajstić information content (AvgIpc) is 2.15. The molecule has 0 atom stereocenters. The maximum absolute atomic E-state index is 4.30. The quantitative estimate of drug-likeness (QED) is 0.788. The molecule has 0 fully saturated rings. The maximum Gasteiger partial charge on any atom is 0.0562 e. The fourth-order valence-electron chi connectivity index (χ4n) is 1.15. The molecule has 1 aromatic rings. The Morgan fingerprint density at radius 2 is 2.14 bits per heavy atom. The molecule has 0 amide bonds. The van der Waals surface area contributed by atoms with Gasteiger partial charge in [0.2, 0.25) is 0 Å². The number of hydrogen-bond acceptors (Lipinski definition) is 3. The highest BCUT2D eigenvalue weighted by molar-refractivity contribution is 5.44. The summed E-state index contributed by atoms with van der Waals surface area (Å²) in [6, 6.07) is 4.62. The summed E-state index contributed by atoms with van der Waals surface area (Å²) >= 11 is 0. The van der Waals surface area contributed by atoms with E-state index in [4.69, 9.17) is 0 Å². The van der Waals surface area contributed by atoms with E-state index in [1.165, 1.54) is 5.69 Å². The molecule has 1 rings (SSSR count). The Kier molecular flexibility index (Phi) is 3.89. The fourth-order valence-corrected chi connectivity index (χ4v) is 1.15. The summed E-state index contributed by atoms with van der Waals surface area (Å²) < 4.78 is 0. The molecule has 0 radical (unpaired) electrons. The monoisotopic (exact) mass is 193 g/mol. The van der Waals surface area contributed by atoms with Crippen LogP contribution < -0.4 is 10.2 Å². The first kappa shape index (κ1) is 11.0. The molecular formula is C11H19N3.